The number of benzene rings is 2. The van der Waals surface area contributed by atoms with Crippen LogP contribution in [0.25, 0.3) is 0 Å². The third-order valence-electron chi connectivity index (χ3n) is 4.92. The van der Waals surface area contributed by atoms with Gasteiger partial charge >= 0.3 is 0 Å². The summed E-state index contributed by atoms with van der Waals surface area (Å²) in [5.74, 6) is -0.158. The topological polar surface area (TPSA) is 69.7 Å². The van der Waals surface area contributed by atoms with E-state index in [0.29, 0.717) is 18.8 Å². The van der Waals surface area contributed by atoms with Gasteiger partial charge in [-0.1, -0.05) is 31.0 Å². The lowest BCUT2D eigenvalue weighted by Crippen LogP contribution is -2.32. The van der Waals surface area contributed by atoms with Crippen LogP contribution in [0.4, 0.5) is 11.4 Å². The lowest BCUT2D eigenvalue weighted by Gasteiger charge is -2.20. The normalized spacial score (nSPS) is 15.6. The molecule has 0 aromatic heterocycles. The van der Waals surface area contributed by atoms with Crippen molar-refractivity contribution in [2.24, 2.45) is 0 Å². The number of carbonyl (C=O) groups excluding carboxylic acids is 1. The third kappa shape index (κ3) is 5.11. The molecule has 0 unspecified atom stereocenters. The van der Waals surface area contributed by atoms with Gasteiger partial charge in [0.1, 0.15) is 0 Å². The Bertz CT molecular complexity index is 875. The Hall–Kier alpha value is -2.38. The Balaban J connectivity index is 1.61. The van der Waals surface area contributed by atoms with E-state index in [9.17, 15) is 13.2 Å². The number of para-hydroxylation sites is 1. The van der Waals surface area contributed by atoms with Crippen molar-refractivity contribution in [1.82, 2.24) is 4.31 Å². The van der Waals surface area contributed by atoms with Gasteiger partial charge in [-0.05, 0) is 49.2 Å². The molecule has 0 spiro atoms. The maximum atomic E-state index is 12.8. The van der Waals surface area contributed by atoms with Crippen molar-refractivity contribution in [2.75, 3.05) is 36.9 Å². The predicted molar refractivity (Wildman–Crippen MR) is 112 cm³/mol. The molecule has 0 aliphatic carbocycles. The largest absolute Gasteiger partial charge is 0.365 e. The zero-order valence-corrected chi connectivity index (χ0v) is 17.0. The fraction of sp³-hybridized carbons (Fsp3) is 0.381. The number of sulfonamides is 1. The van der Waals surface area contributed by atoms with Crippen molar-refractivity contribution in [3.05, 3.63) is 54.6 Å². The van der Waals surface area contributed by atoms with E-state index in [-0.39, 0.29) is 17.3 Å². The van der Waals surface area contributed by atoms with Gasteiger partial charge in [-0.25, -0.2) is 8.42 Å². The second kappa shape index (κ2) is 9.21. The highest BCUT2D eigenvalue weighted by Gasteiger charge is 2.25. The first-order chi connectivity index (χ1) is 13.5. The Morgan fingerprint density at radius 2 is 1.57 bits per heavy atom. The smallest absolute Gasteiger partial charge is 0.243 e. The van der Waals surface area contributed by atoms with E-state index < -0.39 is 10.0 Å². The molecule has 3 rings (SSSR count). The van der Waals surface area contributed by atoms with Gasteiger partial charge in [0.2, 0.25) is 15.9 Å². The molecular weight excluding hydrogens is 374 g/mol. The third-order valence-corrected chi connectivity index (χ3v) is 6.83. The second-order valence-electron chi connectivity index (χ2n) is 7.08. The molecule has 150 valence electrons. The van der Waals surface area contributed by atoms with Crippen LogP contribution in [-0.4, -0.2) is 45.3 Å². The molecule has 0 radical (unpaired) electrons. The molecule has 1 amide bonds. The van der Waals surface area contributed by atoms with Crippen molar-refractivity contribution >= 4 is 27.3 Å². The van der Waals surface area contributed by atoms with Gasteiger partial charge in [0, 0.05) is 31.5 Å². The highest BCUT2D eigenvalue weighted by atomic mass is 32.2. The van der Waals surface area contributed by atoms with Crippen molar-refractivity contribution in [2.45, 2.75) is 30.6 Å². The van der Waals surface area contributed by atoms with E-state index in [2.05, 4.69) is 5.32 Å². The standard InChI is InChI=1S/C21H27N3O3S/c1-23(19-9-5-4-6-10-19)17-21(25)22-18-11-13-20(14-12-18)28(26,27)24-15-7-2-3-8-16-24/h4-6,9-14H,2-3,7-8,15-17H2,1H3,(H,22,25). The average Bonchev–Trinajstić information content (AvgIpc) is 2.99. The van der Waals surface area contributed by atoms with Crippen molar-refractivity contribution in [3.63, 3.8) is 0 Å². The van der Waals surface area contributed by atoms with Crippen LogP contribution < -0.4 is 10.2 Å². The maximum Gasteiger partial charge on any atom is 0.243 e. The van der Waals surface area contributed by atoms with Crippen LogP contribution in [0.5, 0.6) is 0 Å². The van der Waals surface area contributed by atoms with Gasteiger partial charge in [0.25, 0.3) is 0 Å². The number of carbonyl (C=O) groups is 1. The number of nitrogens with zero attached hydrogens (tertiary/aromatic N) is 2. The molecular formula is C21H27N3O3S. The first-order valence-electron chi connectivity index (χ1n) is 9.63. The highest BCUT2D eigenvalue weighted by Crippen LogP contribution is 2.22. The summed E-state index contributed by atoms with van der Waals surface area (Å²) in [6.45, 7) is 1.36. The minimum Gasteiger partial charge on any atom is -0.365 e. The SMILES string of the molecule is CN(CC(=O)Nc1ccc(S(=O)(=O)N2CCCCCC2)cc1)c1ccccc1. The number of anilines is 2. The minimum atomic E-state index is -3.47. The first-order valence-corrected chi connectivity index (χ1v) is 11.1. The fourth-order valence-corrected chi connectivity index (χ4v) is 4.85. The monoisotopic (exact) mass is 401 g/mol. The summed E-state index contributed by atoms with van der Waals surface area (Å²) in [5.41, 5.74) is 1.54. The van der Waals surface area contributed by atoms with Crippen molar-refractivity contribution < 1.29 is 13.2 Å². The molecule has 0 saturated carbocycles. The predicted octanol–water partition coefficient (Wildman–Crippen LogP) is 3.33. The Kier molecular flexibility index (Phi) is 6.70. The molecule has 0 bridgehead atoms. The fourth-order valence-electron chi connectivity index (χ4n) is 3.33. The van der Waals surface area contributed by atoms with Crippen LogP contribution >= 0.6 is 0 Å². The van der Waals surface area contributed by atoms with Crippen molar-refractivity contribution in [3.8, 4) is 0 Å². The Morgan fingerprint density at radius 3 is 2.18 bits per heavy atom. The molecule has 2 aromatic carbocycles. The lowest BCUT2D eigenvalue weighted by molar-refractivity contribution is -0.114. The maximum absolute atomic E-state index is 12.8. The summed E-state index contributed by atoms with van der Waals surface area (Å²) in [6.07, 6.45) is 3.97. The van der Waals surface area contributed by atoms with Crippen LogP contribution in [0, 0.1) is 0 Å². The van der Waals surface area contributed by atoms with E-state index >= 15 is 0 Å². The summed E-state index contributed by atoms with van der Waals surface area (Å²) in [4.78, 5) is 14.4. The number of rotatable bonds is 6. The number of hydrogen-bond acceptors (Lipinski definition) is 4. The first kappa shape index (κ1) is 20.4. The quantitative estimate of drug-likeness (QED) is 0.806. The molecule has 6 nitrogen and oxygen atoms in total. The van der Waals surface area contributed by atoms with Crippen LogP contribution in [-0.2, 0) is 14.8 Å². The number of hydrogen-bond donors (Lipinski definition) is 1. The van der Waals surface area contributed by atoms with E-state index in [0.717, 1.165) is 31.4 Å². The summed E-state index contributed by atoms with van der Waals surface area (Å²) >= 11 is 0. The molecule has 1 N–H and O–H groups in total. The van der Waals surface area contributed by atoms with E-state index in [1.54, 1.807) is 28.6 Å². The Labute approximate surface area is 167 Å². The highest BCUT2D eigenvalue weighted by molar-refractivity contribution is 7.89. The van der Waals surface area contributed by atoms with Gasteiger partial charge in [-0.3, -0.25) is 4.79 Å². The van der Waals surface area contributed by atoms with E-state index in [4.69, 9.17) is 0 Å². The zero-order chi connectivity index (χ0) is 20.0. The second-order valence-corrected chi connectivity index (χ2v) is 9.02. The van der Waals surface area contributed by atoms with Crippen LogP contribution in [0.15, 0.2) is 59.5 Å². The molecule has 1 heterocycles. The summed E-state index contributed by atoms with van der Waals surface area (Å²) < 4.78 is 27.2. The van der Waals surface area contributed by atoms with E-state index in [1.807, 2.05) is 42.3 Å². The minimum absolute atomic E-state index is 0.158. The van der Waals surface area contributed by atoms with Crippen LogP contribution in [0.1, 0.15) is 25.7 Å². The number of nitrogens with one attached hydrogen (secondary N) is 1. The molecule has 1 saturated heterocycles. The summed E-state index contributed by atoms with van der Waals surface area (Å²) in [6, 6.07) is 16.1. The number of likely N-dealkylation sites (N-methyl/N-ethyl adjacent to an activating group) is 1. The zero-order valence-electron chi connectivity index (χ0n) is 16.2. The van der Waals surface area contributed by atoms with Gasteiger partial charge in [-0.15, -0.1) is 0 Å². The molecule has 28 heavy (non-hydrogen) atoms. The van der Waals surface area contributed by atoms with Crippen LogP contribution in [0.2, 0.25) is 0 Å². The molecule has 1 aliphatic rings. The average molecular weight is 402 g/mol. The van der Waals surface area contributed by atoms with Gasteiger partial charge in [-0.2, -0.15) is 4.31 Å². The summed E-state index contributed by atoms with van der Waals surface area (Å²) in [7, 11) is -1.62. The van der Waals surface area contributed by atoms with Gasteiger partial charge in [0.15, 0.2) is 0 Å². The number of amides is 1. The summed E-state index contributed by atoms with van der Waals surface area (Å²) in [5, 5.41) is 2.82. The van der Waals surface area contributed by atoms with Gasteiger partial charge in [0.05, 0.1) is 11.4 Å². The molecule has 2 aromatic rings. The molecule has 1 aliphatic heterocycles. The van der Waals surface area contributed by atoms with Gasteiger partial charge < -0.3 is 10.2 Å². The van der Waals surface area contributed by atoms with Crippen molar-refractivity contribution in [1.29, 1.82) is 0 Å². The Morgan fingerprint density at radius 1 is 0.964 bits per heavy atom. The molecule has 1 fully saturated rings. The molecule has 7 heteroatoms. The van der Waals surface area contributed by atoms with E-state index in [1.165, 1.54) is 0 Å². The van der Waals surface area contributed by atoms with Crippen LogP contribution in [0.3, 0.4) is 0 Å². The lowest BCUT2D eigenvalue weighted by atomic mass is 10.2. The molecule has 0 atom stereocenters.